The molecule has 75 heavy (non-hydrogen) atoms. The van der Waals surface area contributed by atoms with Gasteiger partial charge >= 0.3 is 93.3 Å². The second-order valence-corrected chi connectivity index (χ2v) is 22.1. The van der Waals surface area contributed by atoms with E-state index in [4.69, 9.17) is 0 Å². The van der Waals surface area contributed by atoms with Crippen LogP contribution in [0.3, 0.4) is 0 Å². The summed E-state index contributed by atoms with van der Waals surface area (Å²) in [5, 5.41) is 0. The molecule has 3 fully saturated rings. The summed E-state index contributed by atoms with van der Waals surface area (Å²) >= 11 is 0. The summed E-state index contributed by atoms with van der Waals surface area (Å²) < 4.78 is 0. The average molecular weight is 1700 g/mol. The Morgan fingerprint density at radius 1 is 0.280 bits per heavy atom. The van der Waals surface area contributed by atoms with Gasteiger partial charge in [-0.2, -0.15) is 0 Å². The van der Waals surface area contributed by atoms with Gasteiger partial charge in [0, 0.05) is 0 Å². The Bertz CT molecular complexity index is 1630. The van der Waals surface area contributed by atoms with Gasteiger partial charge in [-0.1, -0.05) is 258 Å². The van der Waals surface area contributed by atoms with Gasteiger partial charge in [-0.3, -0.25) is 0 Å². The van der Waals surface area contributed by atoms with E-state index >= 15 is 0 Å². The second kappa shape index (κ2) is 49.6. The summed E-state index contributed by atoms with van der Waals surface area (Å²) in [6, 6.07) is 0. The van der Waals surface area contributed by atoms with E-state index in [0.29, 0.717) is 0 Å². The summed E-state index contributed by atoms with van der Waals surface area (Å²) in [6.45, 7) is 52.7. The molecule has 0 aliphatic heterocycles. The minimum absolute atomic E-state index is 0. The van der Waals surface area contributed by atoms with E-state index in [1.54, 1.807) is 11.1 Å². The van der Waals surface area contributed by atoms with E-state index in [9.17, 15) is 0 Å². The molecular formula is C72H124U3. The number of rotatable bonds is 0. The molecule has 0 aromatic carbocycles. The SMILES string of the molecule is CC.CC1=C(C)[C@H](C)C(C)C2CC(C)C(C)C12.CC1=CC=CC=C(C)C=C1.CC1=CC=CC=C(C)C=C1.CC1=CC=CC=C(C)C=C1.CC1C(C)C(C)C(C)C1C.CC1CC(C)C(C)C1C.[CH3-].[CH3-].[CH3-].[CH3-].[CH3-].[CH3-].[U+2].[U+2].[U+2]. The molecule has 0 radical (unpaired) electrons. The number of hydrogen-bond acceptors (Lipinski definition) is 0. The average Bonchev–Trinajstić information content (AvgIpc) is 3.78. The van der Waals surface area contributed by atoms with Crippen molar-refractivity contribution in [3.05, 3.63) is 199 Å². The summed E-state index contributed by atoms with van der Waals surface area (Å²) in [6.07, 6.45) is 40.6. The molecule has 7 rings (SSSR count). The largest absolute Gasteiger partial charge is 2.00 e. The van der Waals surface area contributed by atoms with Crippen LogP contribution in [0.4, 0.5) is 0 Å². The van der Waals surface area contributed by atoms with Crippen LogP contribution in [0.5, 0.6) is 0 Å². The van der Waals surface area contributed by atoms with Crippen LogP contribution in [-0.2, 0) is 0 Å². The number of fused-ring (bicyclic) bond motifs is 1. The Kier molecular flexibility index (Phi) is 62.2. The maximum Gasteiger partial charge on any atom is 2.00 e. The van der Waals surface area contributed by atoms with Crippen molar-refractivity contribution in [3.63, 3.8) is 0 Å². The van der Waals surface area contributed by atoms with Gasteiger partial charge in [0.15, 0.2) is 0 Å². The third-order valence-electron chi connectivity index (χ3n) is 17.7. The molecule has 0 nitrogen and oxygen atoms in total. The monoisotopic (exact) mass is 1700 g/mol. The van der Waals surface area contributed by atoms with Crippen LogP contribution in [-0.4, -0.2) is 0 Å². The molecular weight excluding hydrogens is 1580 g/mol. The Morgan fingerprint density at radius 2 is 0.493 bits per heavy atom. The van der Waals surface area contributed by atoms with Gasteiger partial charge in [0.25, 0.3) is 0 Å². The van der Waals surface area contributed by atoms with Crippen LogP contribution in [0.25, 0.3) is 0 Å². The van der Waals surface area contributed by atoms with E-state index in [-0.39, 0.29) is 138 Å². The fourth-order valence-corrected chi connectivity index (χ4v) is 11.0. The normalized spacial score (nSPS) is 30.8. The van der Waals surface area contributed by atoms with Crippen LogP contribution < -0.4 is 0 Å². The zero-order chi connectivity index (χ0) is 50.4. The molecule has 9 unspecified atom stereocenters. The molecule has 0 saturated heterocycles. The minimum atomic E-state index is 0. The molecule has 3 saturated carbocycles. The number of hydrogen-bond donors (Lipinski definition) is 0. The third kappa shape index (κ3) is 32.7. The molecule has 7 aliphatic rings. The summed E-state index contributed by atoms with van der Waals surface area (Å²) in [5.41, 5.74) is 11.2. The Morgan fingerprint density at radius 3 is 0.693 bits per heavy atom. The first-order valence-corrected chi connectivity index (χ1v) is 26.8. The van der Waals surface area contributed by atoms with Crippen LogP contribution in [0.15, 0.2) is 154 Å². The topological polar surface area (TPSA) is 0 Å². The quantitative estimate of drug-likeness (QED) is 0.168. The smallest absolute Gasteiger partial charge is 0.358 e. The van der Waals surface area contributed by atoms with Gasteiger partial charge in [0.2, 0.25) is 0 Å². The molecule has 0 aromatic rings. The molecule has 0 bridgehead atoms. The first-order chi connectivity index (χ1) is 31.0. The summed E-state index contributed by atoms with van der Waals surface area (Å²) in [7, 11) is 0. The van der Waals surface area contributed by atoms with Gasteiger partial charge in [0.05, 0.1) is 0 Å². The van der Waals surface area contributed by atoms with Gasteiger partial charge in [0.1, 0.15) is 0 Å². The van der Waals surface area contributed by atoms with Gasteiger partial charge < -0.3 is 44.6 Å². The second-order valence-electron chi connectivity index (χ2n) is 22.1. The first-order valence-electron chi connectivity index (χ1n) is 26.8. The fraction of sp³-hybridized carbons (Fsp3) is 0.556. The van der Waals surface area contributed by atoms with Crippen molar-refractivity contribution >= 4 is 0 Å². The van der Waals surface area contributed by atoms with Crippen LogP contribution in [0, 0.1) is 227 Å². The van der Waals surface area contributed by atoms with Gasteiger partial charge in [-0.05, 0) is 157 Å². The van der Waals surface area contributed by atoms with Crippen molar-refractivity contribution in [3.8, 4) is 0 Å². The van der Waals surface area contributed by atoms with E-state index in [1.165, 1.54) is 46.3 Å². The van der Waals surface area contributed by atoms with Crippen molar-refractivity contribution in [1.82, 2.24) is 0 Å². The van der Waals surface area contributed by atoms with Crippen molar-refractivity contribution in [2.75, 3.05) is 0 Å². The van der Waals surface area contributed by atoms with E-state index in [0.717, 1.165) is 88.8 Å². The molecule has 0 amide bonds. The van der Waals surface area contributed by atoms with E-state index < -0.39 is 0 Å². The predicted octanol–water partition coefficient (Wildman–Crippen LogP) is 23.4. The standard InChI is InChI=1S/C15H26.C10H20.3C10H12.C9H18.C2H6.6CH3.3U/c1-8-7-14-12(5)10(3)11(4)13(6)15(14)9(8)2;1-6-7(2)9(4)10(5)8(6)3;3*1-9-5-3-4-6-10(2)8-7-9;1-6-5-7(2)9(4)8(6)3;1-2;;;;;;;;;/h8-10,12,14-15H,7H2,1-6H3;6-10H,1-5H3;3*3-8H,1-2H3;6-9H,5H2,1-4H3;1-2H3;6*1H3;;;/q;;;;;;;6*-1;3*+2/t8?,9?,10-,12?,14?,15?;;;;;;;;;;;;;;;/m0.............../s1. The Balaban J connectivity index is -0.0000000973. The Labute approximate surface area is 546 Å². The zero-order valence-corrected chi connectivity index (χ0v) is 67.5. The van der Waals surface area contributed by atoms with Crippen molar-refractivity contribution < 1.29 is 93.3 Å². The van der Waals surface area contributed by atoms with Gasteiger partial charge in [-0.25, -0.2) is 0 Å². The number of allylic oxidation sites excluding steroid dienone is 26. The predicted molar refractivity (Wildman–Crippen MR) is 341 cm³/mol. The van der Waals surface area contributed by atoms with Crippen molar-refractivity contribution in [2.24, 2.45) is 88.8 Å². The molecule has 10 atom stereocenters. The maximum atomic E-state index is 2.48. The molecule has 0 N–H and O–H groups in total. The molecule has 7 aliphatic carbocycles. The first kappa shape index (κ1) is 94.1. The summed E-state index contributed by atoms with van der Waals surface area (Å²) in [4.78, 5) is 0. The zero-order valence-electron chi connectivity index (χ0n) is 55.0. The molecule has 424 valence electrons. The third-order valence-corrected chi connectivity index (χ3v) is 17.7. The Hall–Kier alpha value is -0.224. The maximum absolute atomic E-state index is 2.48. The van der Waals surface area contributed by atoms with Gasteiger partial charge in [-0.15, -0.1) is 0 Å². The van der Waals surface area contributed by atoms with Crippen LogP contribution in [0.2, 0.25) is 0 Å². The molecule has 0 heterocycles. The van der Waals surface area contributed by atoms with Crippen molar-refractivity contribution in [2.45, 2.75) is 172 Å². The summed E-state index contributed by atoms with van der Waals surface area (Å²) in [5.74, 6) is 13.9. The van der Waals surface area contributed by atoms with Crippen molar-refractivity contribution in [1.29, 1.82) is 0 Å². The molecule has 0 spiro atoms. The fourth-order valence-electron chi connectivity index (χ4n) is 11.0. The van der Waals surface area contributed by atoms with Crippen LogP contribution >= 0.6 is 0 Å². The van der Waals surface area contributed by atoms with E-state index in [1.807, 2.05) is 13.8 Å². The van der Waals surface area contributed by atoms with Crippen LogP contribution in [0.1, 0.15) is 172 Å². The molecule has 3 heteroatoms. The molecule has 0 aromatic heterocycles. The van der Waals surface area contributed by atoms with E-state index in [2.05, 4.69) is 255 Å². The minimum Gasteiger partial charge on any atom is -0.358 e.